The third-order valence-electron chi connectivity index (χ3n) is 3.14. The number of rotatable bonds is 6. The molecule has 0 aromatic carbocycles. The zero-order valence-electron chi connectivity index (χ0n) is 11.3. The van der Waals surface area contributed by atoms with Crippen molar-refractivity contribution in [3.05, 3.63) is 11.3 Å². The van der Waals surface area contributed by atoms with Crippen LogP contribution in [0.5, 0.6) is 0 Å². The lowest BCUT2D eigenvalue weighted by Crippen LogP contribution is -2.23. The molecule has 96 valence electrons. The topological polar surface area (TPSA) is 57.8 Å². The number of amides is 1. The van der Waals surface area contributed by atoms with E-state index in [2.05, 4.69) is 29.4 Å². The first-order valence-electron chi connectivity index (χ1n) is 6.42. The van der Waals surface area contributed by atoms with Crippen LogP contribution in [0.2, 0.25) is 0 Å². The Morgan fingerprint density at radius 2 is 1.88 bits per heavy atom. The van der Waals surface area contributed by atoms with Crippen molar-refractivity contribution in [2.45, 2.75) is 53.4 Å². The maximum Gasteiger partial charge on any atom is 0.228 e. The summed E-state index contributed by atoms with van der Waals surface area (Å²) in [5.74, 6) is 0.884. The number of anilines is 1. The monoisotopic (exact) mass is 237 g/mol. The minimum absolute atomic E-state index is 0.100. The number of carbonyl (C=O) groups excluding carboxylic acids is 1. The maximum absolute atomic E-state index is 12.1. The van der Waals surface area contributed by atoms with E-state index in [1.54, 1.807) is 0 Å². The number of aromatic nitrogens is 2. The summed E-state index contributed by atoms with van der Waals surface area (Å²) in [6.07, 6.45) is 3.97. The first-order valence-corrected chi connectivity index (χ1v) is 6.42. The Balaban J connectivity index is 2.66. The van der Waals surface area contributed by atoms with Gasteiger partial charge in [-0.15, -0.1) is 0 Å². The molecule has 0 unspecified atom stereocenters. The molecule has 1 rings (SSSR count). The average molecular weight is 237 g/mol. The first-order chi connectivity index (χ1) is 8.10. The van der Waals surface area contributed by atoms with Gasteiger partial charge in [0.2, 0.25) is 5.91 Å². The van der Waals surface area contributed by atoms with Crippen molar-refractivity contribution in [1.29, 1.82) is 0 Å². The number of H-pyrrole nitrogens is 1. The van der Waals surface area contributed by atoms with Crippen LogP contribution in [-0.2, 0) is 4.79 Å². The molecule has 1 aromatic rings. The number of carbonyl (C=O) groups is 1. The Labute approximate surface area is 103 Å². The van der Waals surface area contributed by atoms with E-state index >= 15 is 0 Å². The standard InChI is InChI=1S/C13H23N3O/c1-5-7-11(8-6-2)13(17)14-12-9(3)10(4)15-16-12/h11H,5-8H2,1-4H3,(H2,14,15,16,17). The van der Waals surface area contributed by atoms with Crippen LogP contribution < -0.4 is 5.32 Å². The molecule has 0 aliphatic heterocycles. The SMILES string of the molecule is CCCC(CCC)C(=O)Nc1n[nH]c(C)c1C. The lowest BCUT2D eigenvalue weighted by molar-refractivity contribution is -0.120. The zero-order valence-corrected chi connectivity index (χ0v) is 11.3. The Bertz CT molecular complexity index is 365. The van der Waals surface area contributed by atoms with Gasteiger partial charge in [0.1, 0.15) is 0 Å². The second-order valence-electron chi connectivity index (χ2n) is 4.59. The molecule has 1 amide bonds. The normalized spacial score (nSPS) is 10.9. The molecule has 0 saturated carbocycles. The highest BCUT2D eigenvalue weighted by Crippen LogP contribution is 2.19. The molecule has 2 N–H and O–H groups in total. The number of hydrogen-bond donors (Lipinski definition) is 2. The van der Waals surface area contributed by atoms with Gasteiger partial charge in [-0.1, -0.05) is 26.7 Å². The van der Waals surface area contributed by atoms with Crippen LogP contribution in [0.1, 0.15) is 50.8 Å². The van der Waals surface area contributed by atoms with Crippen molar-refractivity contribution in [1.82, 2.24) is 10.2 Å². The fraction of sp³-hybridized carbons (Fsp3) is 0.692. The third-order valence-corrected chi connectivity index (χ3v) is 3.14. The van der Waals surface area contributed by atoms with Gasteiger partial charge in [0, 0.05) is 17.2 Å². The fourth-order valence-corrected chi connectivity index (χ4v) is 1.93. The van der Waals surface area contributed by atoms with E-state index in [0.717, 1.165) is 36.9 Å². The highest BCUT2D eigenvalue weighted by molar-refractivity contribution is 5.92. The first kappa shape index (κ1) is 13.7. The summed E-state index contributed by atoms with van der Waals surface area (Å²) < 4.78 is 0. The summed E-state index contributed by atoms with van der Waals surface area (Å²) in [5.41, 5.74) is 2.02. The predicted octanol–water partition coefficient (Wildman–Crippen LogP) is 3.18. The average Bonchev–Trinajstić information content (AvgIpc) is 2.61. The predicted molar refractivity (Wildman–Crippen MR) is 70.0 cm³/mol. The molecule has 0 aliphatic carbocycles. The maximum atomic E-state index is 12.1. The van der Waals surface area contributed by atoms with Crippen molar-refractivity contribution in [2.24, 2.45) is 5.92 Å². The van der Waals surface area contributed by atoms with E-state index in [4.69, 9.17) is 0 Å². The van der Waals surface area contributed by atoms with Gasteiger partial charge in [-0.25, -0.2) is 0 Å². The second kappa shape index (κ2) is 6.42. The second-order valence-corrected chi connectivity index (χ2v) is 4.59. The van der Waals surface area contributed by atoms with Gasteiger partial charge in [-0.05, 0) is 26.7 Å². The summed E-state index contributed by atoms with van der Waals surface area (Å²) in [6.45, 7) is 8.14. The van der Waals surface area contributed by atoms with Crippen molar-refractivity contribution in [3.63, 3.8) is 0 Å². The van der Waals surface area contributed by atoms with Gasteiger partial charge < -0.3 is 5.32 Å². The van der Waals surface area contributed by atoms with Crippen molar-refractivity contribution >= 4 is 11.7 Å². The Kier molecular flexibility index (Phi) is 5.19. The van der Waals surface area contributed by atoms with Crippen molar-refractivity contribution < 1.29 is 4.79 Å². The third kappa shape index (κ3) is 3.58. The fourth-order valence-electron chi connectivity index (χ4n) is 1.93. The molecule has 0 spiro atoms. The van der Waals surface area contributed by atoms with E-state index in [9.17, 15) is 4.79 Å². The minimum atomic E-state index is 0.100. The zero-order chi connectivity index (χ0) is 12.8. The van der Waals surface area contributed by atoms with Gasteiger partial charge in [0.15, 0.2) is 5.82 Å². The van der Waals surface area contributed by atoms with Crippen LogP contribution in [0.15, 0.2) is 0 Å². The molecule has 0 fully saturated rings. The molecule has 1 heterocycles. The summed E-state index contributed by atoms with van der Waals surface area (Å²) >= 11 is 0. The van der Waals surface area contributed by atoms with Crippen LogP contribution in [0.4, 0.5) is 5.82 Å². The highest BCUT2D eigenvalue weighted by atomic mass is 16.1. The van der Waals surface area contributed by atoms with E-state index < -0.39 is 0 Å². The largest absolute Gasteiger partial charge is 0.309 e. The molecule has 0 atom stereocenters. The molecule has 17 heavy (non-hydrogen) atoms. The van der Waals surface area contributed by atoms with E-state index in [1.807, 2.05) is 13.8 Å². The number of aryl methyl sites for hydroxylation is 1. The summed E-state index contributed by atoms with van der Waals surface area (Å²) in [4.78, 5) is 12.1. The van der Waals surface area contributed by atoms with Crippen molar-refractivity contribution in [2.75, 3.05) is 5.32 Å². The Hall–Kier alpha value is -1.32. The molecule has 0 aliphatic rings. The summed E-state index contributed by atoms with van der Waals surface area (Å²) in [7, 11) is 0. The molecule has 0 radical (unpaired) electrons. The number of nitrogens with one attached hydrogen (secondary N) is 2. The number of hydrogen-bond acceptors (Lipinski definition) is 2. The van der Waals surface area contributed by atoms with Gasteiger partial charge in [0.25, 0.3) is 0 Å². The molecule has 1 aromatic heterocycles. The van der Waals surface area contributed by atoms with E-state index in [0.29, 0.717) is 5.82 Å². The van der Waals surface area contributed by atoms with Gasteiger partial charge in [-0.2, -0.15) is 5.10 Å². The van der Waals surface area contributed by atoms with E-state index in [1.165, 1.54) is 0 Å². The molecule has 4 nitrogen and oxygen atoms in total. The Morgan fingerprint density at radius 1 is 1.29 bits per heavy atom. The van der Waals surface area contributed by atoms with Crippen LogP contribution in [0.3, 0.4) is 0 Å². The molecular formula is C13H23N3O. The molecule has 0 saturated heterocycles. The quantitative estimate of drug-likeness (QED) is 0.798. The number of aromatic amines is 1. The summed E-state index contributed by atoms with van der Waals surface area (Å²) in [6, 6.07) is 0. The van der Waals surface area contributed by atoms with Gasteiger partial charge >= 0.3 is 0 Å². The van der Waals surface area contributed by atoms with Crippen LogP contribution >= 0.6 is 0 Å². The van der Waals surface area contributed by atoms with E-state index in [-0.39, 0.29) is 11.8 Å². The molecule has 4 heteroatoms. The van der Waals surface area contributed by atoms with Gasteiger partial charge in [-0.3, -0.25) is 9.89 Å². The molecule has 0 bridgehead atoms. The summed E-state index contributed by atoms with van der Waals surface area (Å²) in [5, 5.41) is 9.90. The smallest absolute Gasteiger partial charge is 0.228 e. The lowest BCUT2D eigenvalue weighted by Gasteiger charge is -2.14. The highest BCUT2D eigenvalue weighted by Gasteiger charge is 2.18. The van der Waals surface area contributed by atoms with Crippen LogP contribution in [0, 0.1) is 19.8 Å². The van der Waals surface area contributed by atoms with Crippen molar-refractivity contribution in [3.8, 4) is 0 Å². The number of nitrogens with zero attached hydrogens (tertiary/aromatic N) is 1. The lowest BCUT2D eigenvalue weighted by atomic mass is 9.97. The molecular weight excluding hydrogens is 214 g/mol. The minimum Gasteiger partial charge on any atom is -0.309 e. The van der Waals surface area contributed by atoms with Gasteiger partial charge in [0.05, 0.1) is 0 Å². The Morgan fingerprint density at radius 3 is 2.29 bits per heavy atom. The van der Waals surface area contributed by atoms with Crippen LogP contribution in [0.25, 0.3) is 0 Å². The van der Waals surface area contributed by atoms with Crippen LogP contribution in [-0.4, -0.2) is 16.1 Å².